The Bertz CT molecular complexity index is 758. The summed E-state index contributed by atoms with van der Waals surface area (Å²) in [5.74, 6) is -1.36. The van der Waals surface area contributed by atoms with Crippen LogP contribution in [0.1, 0.15) is 11.1 Å². The van der Waals surface area contributed by atoms with Crippen LogP contribution in [0.5, 0.6) is 0 Å². The summed E-state index contributed by atoms with van der Waals surface area (Å²) in [6.07, 6.45) is 0.656. The number of amides is 2. The van der Waals surface area contributed by atoms with E-state index in [1.807, 2.05) is 50.2 Å². The molecule has 0 aromatic heterocycles. The summed E-state index contributed by atoms with van der Waals surface area (Å²) in [5, 5.41) is 5.71. The minimum absolute atomic E-state index is 0.391. The second kappa shape index (κ2) is 8.53. The van der Waals surface area contributed by atoms with Gasteiger partial charge in [-0.05, 0) is 48.7 Å². The number of anilines is 2. The van der Waals surface area contributed by atoms with Crippen LogP contribution in [0.15, 0.2) is 42.5 Å². The monoisotopic (exact) mass is 359 g/mol. The lowest BCUT2D eigenvalue weighted by molar-refractivity contribution is -0.136. The molecular weight excluding hydrogens is 338 g/mol. The van der Waals surface area contributed by atoms with E-state index in [1.165, 1.54) is 0 Å². The van der Waals surface area contributed by atoms with Gasteiger partial charge in [0.1, 0.15) is 0 Å². The standard InChI is InChI=1S/C19H22ClN3O2/c1-13-4-7-15(20)12-17(13)22-19(25)18(24)21-11-10-14-5-8-16(9-6-14)23(2)3/h4-9,12H,10-11H2,1-3H3,(H,21,24)(H,22,25). The van der Waals surface area contributed by atoms with Gasteiger partial charge in [0, 0.05) is 37.0 Å². The zero-order valence-electron chi connectivity index (χ0n) is 14.6. The minimum atomic E-state index is -0.701. The van der Waals surface area contributed by atoms with Crippen molar-refractivity contribution in [3.8, 4) is 0 Å². The fourth-order valence-electron chi connectivity index (χ4n) is 2.27. The molecular formula is C19H22ClN3O2. The largest absolute Gasteiger partial charge is 0.378 e. The molecule has 132 valence electrons. The maximum Gasteiger partial charge on any atom is 0.313 e. The van der Waals surface area contributed by atoms with Crippen LogP contribution in [0, 0.1) is 6.92 Å². The summed E-state index contributed by atoms with van der Waals surface area (Å²) in [6.45, 7) is 2.23. The van der Waals surface area contributed by atoms with Gasteiger partial charge in [-0.15, -0.1) is 0 Å². The third-order valence-corrected chi connectivity index (χ3v) is 4.04. The van der Waals surface area contributed by atoms with E-state index >= 15 is 0 Å². The van der Waals surface area contributed by atoms with Crippen molar-refractivity contribution in [3.05, 3.63) is 58.6 Å². The molecule has 0 fully saturated rings. The van der Waals surface area contributed by atoms with E-state index in [9.17, 15) is 9.59 Å². The first-order valence-electron chi connectivity index (χ1n) is 7.98. The number of nitrogens with zero attached hydrogens (tertiary/aromatic N) is 1. The van der Waals surface area contributed by atoms with Gasteiger partial charge in [-0.3, -0.25) is 9.59 Å². The van der Waals surface area contributed by atoms with Gasteiger partial charge in [-0.1, -0.05) is 29.8 Å². The molecule has 2 amide bonds. The quantitative estimate of drug-likeness (QED) is 0.807. The third kappa shape index (κ3) is 5.50. The van der Waals surface area contributed by atoms with Gasteiger partial charge in [0.2, 0.25) is 0 Å². The minimum Gasteiger partial charge on any atom is -0.378 e. The van der Waals surface area contributed by atoms with Crippen molar-refractivity contribution in [1.29, 1.82) is 0 Å². The van der Waals surface area contributed by atoms with Gasteiger partial charge in [0.05, 0.1) is 0 Å². The highest BCUT2D eigenvalue weighted by Gasteiger charge is 2.14. The molecule has 0 heterocycles. The van der Waals surface area contributed by atoms with E-state index in [1.54, 1.807) is 18.2 Å². The van der Waals surface area contributed by atoms with Crippen molar-refractivity contribution >= 4 is 34.8 Å². The Morgan fingerprint density at radius 1 is 1.04 bits per heavy atom. The topological polar surface area (TPSA) is 61.4 Å². The first-order chi connectivity index (χ1) is 11.9. The predicted molar refractivity (Wildman–Crippen MR) is 102 cm³/mol. The molecule has 0 unspecified atom stereocenters. The molecule has 6 heteroatoms. The number of carbonyl (C=O) groups excluding carboxylic acids is 2. The van der Waals surface area contributed by atoms with Crippen LogP contribution in [0.4, 0.5) is 11.4 Å². The average Bonchev–Trinajstić information content (AvgIpc) is 2.58. The molecule has 0 aliphatic heterocycles. The van der Waals surface area contributed by atoms with Crippen LogP contribution in [0.3, 0.4) is 0 Å². The van der Waals surface area contributed by atoms with Crippen LogP contribution >= 0.6 is 11.6 Å². The zero-order chi connectivity index (χ0) is 18.4. The third-order valence-electron chi connectivity index (χ3n) is 3.81. The Balaban J connectivity index is 1.83. The highest BCUT2D eigenvalue weighted by molar-refractivity contribution is 6.40. The maximum atomic E-state index is 12.0. The number of carbonyl (C=O) groups is 2. The summed E-state index contributed by atoms with van der Waals surface area (Å²) in [6, 6.07) is 13.2. The highest BCUT2D eigenvalue weighted by atomic mass is 35.5. The number of benzene rings is 2. The van der Waals surface area contributed by atoms with Crippen LogP contribution in [-0.4, -0.2) is 32.5 Å². The number of hydrogen-bond acceptors (Lipinski definition) is 3. The average molecular weight is 360 g/mol. The van der Waals surface area contributed by atoms with Crippen molar-refractivity contribution in [2.75, 3.05) is 30.9 Å². The number of aryl methyl sites for hydroxylation is 1. The Labute approximate surface area is 153 Å². The van der Waals surface area contributed by atoms with E-state index in [2.05, 4.69) is 10.6 Å². The molecule has 0 bridgehead atoms. The second-order valence-electron chi connectivity index (χ2n) is 5.98. The highest BCUT2D eigenvalue weighted by Crippen LogP contribution is 2.20. The molecule has 2 rings (SSSR count). The molecule has 0 saturated heterocycles. The Morgan fingerprint density at radius 3 is 2.36 bits per heavy atom. The summed E-state index contributed by atoms with van der Waals surface area (Å²) in [5.41, 5.74) is 3.58. The maximum absolute atomic E-state index is 12.0. The molecule has 0 aliphatic rings. The molecule has 0 atom stereocenters. The smallest absolute Gasteiger partial charge is 0.313 e. The molecule has 0 spiro atoms. The van der Waals surface area contributed by atoms with Crippen molar-refractivity contribution in [2.45, 2.75) is 13.3 Å². The molecule has 2 N–H and O–H groups in total. The Kier molecular flexibility index (Phi) is 6.42. The lowest BCUT2D eigenvalue weighted by Gasteiger charge is -2.13. The van der Waals surface area contributed by atoms with Gasteiger partial charge in [0.25, 0.3) is 0 Å². The first kappa shape index (κ1) is 18.8. The second-order valence-corrected chi connectivity index (χ2v) is 6.42. The van der Waals surface area contributed by atoms with Crippen LogP contribution in [-0.2, 0) is 16.0 Å². The summed E-state index contributed by atoms with van der Waals surface area (Å²) >= 11 is 5.91. The molecule has 0 radical (unpaired) electrons. The summed E-state index contributed by atoms with van der Waals surface area (Å²) < 4.78 is 0. The van der Waals surface area contributed by atoms with Gasteiger partial charge < -0.3 is 15.5 Å². The molecule has 2 aromatic carbocycles. The molecule has 2 aromatic rings. The summed E-state index contributed by atoms with van der Waals surface area (Å²) in [7, 11) is 3.96. The number of halogens is 1. The van der Waals surface area contributed by atoms with Crippen molar-refractivity contribution in [1.82, 2.24) is 5.32 Å². The lowest BCUT2D eigenvalue weighted by atomic mass is 10.1. The Hall–Kier alpha value is -2.53. The molecule has 0 saturated carbocycles. The van der Waals surface area contributed by atoms with Crippen LogP contribution in [0.25, 0.3) is 0 Å². The predicted octanol–water partition coefficient (Wildman–Crippen LogP) is 3.01. The lowest BCUT2D eigenvalue weighted by Crippen LogP contribution is -2.36. The van der Waals surface area contributed by atoms with Crippen molar-refractivity contribution in [3.63, 3.8) is 0 Å². The molecule has 25 heavy (non-hydrogen) atoms. The number of rotatable bonds is 5. The summed E-state index contributed by atoms with van der Waals surface area (Å²) in [4.78, 5) is 25.9. The Morgan fingerprint density at radius 2 is 1.72 bits per heavy atom. The van der Waals surface area contributed by atoms with Gasteiger partial charge >= 0.3 is 11.8 Å². The van der Waals surface area contributed by atoms with Crippen molar-refractivity contribution in [2.24, 2.45) is 0 Å². The van der Waals surface area contributed by atoms with E-state index in [0.717, 1.165) is 16.8 Å². The van der Waals surface area contributed by atoms with E-state index < -0.39 is 11.8 Å². The first-order valence-corrected chi connectivity index (χ1v) is 8.36. The number of nitrogens with one attached hydrogen (secondary N) is 2. The van der Waals surface area contributed by atoms with E-state index in [0.29, 0.717) is 23.7 Å². The van der Waals surface area contributed by atoms with Gasteiger partial charge in [0.15, 0.2) is 0 Å². The van der Waals surface area contributed by atoms with Crippen LogP contribution in [0.2, 0.25) is 5.02 Å². The normalized spacial score (nSPS) is 10.2. The van der Waals surface area contributed by atoms with E-state index in [4.69, 9.17) is 11.6 Å². The number of hydrogen-bond donors (Lipinski definition) is 2. The van der Waals surface area contributed by atoms with Gasteiger partial charge in [-0.25, -0.2) is 0 Å². The fourth-order valence-corrected chi connectivity index (χ4v) is 2.44. The van der Waals surface area contributed by atoms with E-state index in [-0.39, 0.29) is 0 Å². The molecule has 0 aliphatic carbocycles. The van der Waals surface area contributed by atoms with Gasteiger partial charge in [-0.2, -0.15) is 0 Å². The van der Waals surface area contributed by atoms with Crippen LogP contribution < -0.4 is 15.5 Å². The van der Waals surface area contributed by atoms with Crippen molar-refractivity contribution < 1.29 is 9.59 Å². The fraction of sp³-hybridized carbons (Fsp3) is 0.263. The molecule has 5 nitrogen and oxygen atoms in total. The zero-order valence-corrected chi connectivity index (χ0v) is 15.4. The SMILES string of the molecule is Cc1ccc(Cl)cc1NC(=O)C(=O)NCCc1ccc(N(C)C)cc1.